The molecule has 0 N–H and O–H groups in total. The molecule has 1 saturated carbocycles. The van der Waals surface area contributed by atoms with Crippen LogP contribution >= 0.6 is 0 Å². The number of anilines is 1. The van der Waals surface area contributed by atoms with Gasteiger partial charge in [0.2, 0.25) is 5.82 Å². The van der Waals surface area contributed by atoms with Crippen LogP contribution in [0.25, 0.3) is 6.08 Å². The van der Waals surface area contributed by atoms with Crippen LogP contribution in [0.5, 0.6) is 0 Å². The fourth-order valence-corrected chi connectivity index (χ4v) is 6.52. The number of imide groups is 1. The van der Waals surface area contributed by atoms with Crippen LogP contribution in [-0.4, -0.2) is 52.1 Å². The highest BCUT2D eigenvalue weighted by molar-refractivity contribution is 6.25. The van der Waals surface area contributed by atoms with E-state index in [0.717, 1.165) is 46.7 Å². The van der Waals surface area contributed by atoms with E-state index in [1.807, 2.05) is 66.7 Å². The minimum absolute atomic E-state index is 0.126. The van der Waals surface area contributed by atoms with Gasteiger partial charge in [0.15, 0.2) is 35.4 Å². The maximum absolute atomic E-state index is 14.6. The Hall–Kier alpha value is -5.27. The van der Waals surface area contributed by atoms with Crippen molar-refractivity contribution in [2.24, 2.45) is 21.4 Å². The molecule has 0 aromatic heterocycles. The molecular formula is C32H23F5N6O3. The molecule has 2 fully saturated rings. The molecule has 3 aromatic rings. The number of carbonyl (C=O) groups excluding carboxylic acids is 3. The van der Waals surface area contributed by atoms with Crippen molar-refractivity contribution in [3.8, 4) is 0 Å². The van der Waals surface area contributed by atoms with Crippen molar-refractivity contribution in [3.63, 3.8) is 0 Å². The number of hydrogen-bond acceptors (Lipinski definition) is 7. The highest BCUT2D eigenvalue weighted by atomic mass is 19.2. The summed E-state index contributed by atoms with van der Waals surface area (Å²) in [5.41, 5.74) is 1.83. The summed E-state index contributed by atoms with van der Waals surface area (Å²) in [4.78, 5) is 40.2. The Balaban J connectivity index is 1.20. The number of fused-ring (bicyclic) bond motifs is 2. The molecule has 1 saturated heterocycles. The minimum Gasteiger partial charge on any atom is -0.271 e. The Morgan fingerprint density at radius 1 is 0.826 bits per heavy atom. The molecule has 3 aliphatic heterocycles. The molecular weight excluding hydrogens is 611 g/mol. The van der Waals surface area contributed by atoms with E-state index in [0.29, 0.717) is 0 Å². The highest BCUT2D eigenvalue weighted by Gasteiger charge is 2.57. The van der Waals surface area contributed by atoms with Gasteiger partial charge in [0.1, 0.15) is 12.2 Å². The van der Waals surface area contributed by atoms with Crippen LogP contribution < -0.4 is 4.90 Å². The Labute approximate surface area is 258 Å². The number of hydrazone groups is 1. The first-order valence-corrected chi connectivity index (χ1v) is 14.5. The molecule has 3 amide bonds. The predicted molar refractivity (Wildman–Crippen MR) is 153 cm³/mol. The quantitative estimate of drug-likeness (QED) is 0.160. The first kappa shape index (κ1) is 29.4. The summed E-state index contributed by atoms with van der Waals surface area (Å²) in [6, 6.07) is 15.2. The average Bonchev–Trinajstić information content (AvgIpc) is 3.74. The summed E-state index contributed by atoms with van der Waals surface area (Å²) >= 11 is 0. The lowest BCUT2D eigenvalue weighted by molar-refractivity contribution is -0.136. The summed E-state index contributed by atoms with van der Waals surface area (Å²) in [7, 11) is 0. The molecule has 4 atom stereocenters. The molecule has 3 aromatic carbocycles. The van der Waals surface area contributed by atoms with Gasteiger partial charge in [-0.15, -0.1) is 0 Å². The number of rotatable bonds is 5. The van der Waals surface area contributed by atoms with Gasteiger partial charge in [-0.05, 0) is 42.0 Å². The predicted octanol–water partition coefficient (Wildman–Crippen LogP) is 5.50. The first-order chi connectivity index (χ1) is 22.2. The molecule has 4 aliphatic rings. The molecule has 7 rings (SSSR count). The molecule has 0 radical (unpaired) electrons. The zero-order valence-corrected chi connectivity index (χ0v) is 23.8. The van der Waals surface area contributed by atoms with Gasteiger partial charge >= 0.3 is 0 Å². The number of halogens is 5. The van der Waals surface area contributed by atoms with Gasteiger partial charge in [-0.25, -0.2) is 31.9 Å². The van der Waals surface area contributed by atoms with Gasteiger partial charge in [-0.2, -0.15) is 10.2 Å². The van der Waals surface area contributed by atoms with Crippen LogP contribution in [0.15, 0.2) is 81.7 Å². The Morgan fingerprint density at radius 3 is 2.13 bits per heavy atom. The SMILES string of the molecule is O=C1[C@@H]2[C@@H](N=NN2CC(=O)N2N=C3/C(=C/c4ccccc4)CCC[C@@H]3[C@@H]2c2ccccc2)C(=O)N1c1c(F)c(F)c(F)c(F)c1F. The second-order valence-corrected chi connectivity index (χ2v) is 11.3. The van der Waals surface area contributed by atoms with Crippen molar-refractivity contribution in [1.82, 2.24) is 10.0 Å². The molecule has 3 heterocycles. The standard InChI is InChI=1S/C32H23F5N6O3/c33-21-22(34)24(36)29(25(37)23(21)35)42-31(45)27-30(32(42)46)41(40-38-27)15-20(44)43-28(17-10-5-2-6-11-17)19-13-7-12-18(26(19)39-43)14-16-8-3-1-4-9-16/h1-6,8-11,14,19,27-28,30H,7,12-13,15H2/b18-14+/t19-,27+,28-,30-/m0/s1. The van der Waals surface area contributed by atoms with Crippen LogP contribution in [-0.2, 0) is 14.4 Å². The van der Waals surface area contributed by atoms with Gasteiger partial charge in [0, 0.05) is 5.92 Å². The minimum atomic E-state index is -2.44. The molecule has 0 unspecified atom stereocenters. The van der Waals surface area contributed by atoms with Crippen LogP contribution in [0.2, 0.25) is 0 Å². The third kappa shape index (κ3) is 4.58. The van der Waals surface area contributed by atoms with Gasteiger partial charge in [0.05, 0.1) is 11.8 Å². The molecule has 0 spiro atoms. The van der Waals surface area contributed by atoms with Crippen molar-refractivity contribution < 1.29 is 36.3 Å². The fraction of sp³-hybridized carbons (Fsp3) is 0.250. The lowest BCUT2D eigenvalue weighted by Gasteiger charge is -2.30. The molecule has 234 valence electrons. The van der Waals surface area contributed by atoms with E-state index < -0.39 is 77.2 Å². The maximum atomic E-state index is 14.6. The molecule has 0 bridgehead atoms. The zero-order valence-electron chi connectivity index (χ0n) is 23.8. The van der Waals surface area contributed by atoms with Gasteiger partial charge in [-0.3, -0.25) is 19.4 Å². The smallest absolute Gasteiger partial charge is 0.264 e. The topological polar surface area (TPSA) is 98.0 Å². The largest absolute Gasteiger partial charge is 0.271 e. The van der Waals surface area contributed by atoms with Gasteiger partial charge < -0.3 is 0 Å². The Bertz CT molecular complexity index is 1840. The fourth-order valence-electron chi connectivity index (χ4n) is 6.52. The van der Waals surface area contributed by atoms with Crippen molar-refractivity contribution in [2.75, 3.05) is 11.4 Å². The van der Waals surface area contributed by atoms with E-state index in [1.54, 1.807) is 0 Å². The Morgan fingerprint density at radius 2 is 1.46 bits per heavy atom. The van der Waals surface area contributed by atoms with Gasteiger partial charge in [0.25, 0.3) is 17.7 Å². The zero-order chi connectivity index (χ0) is 32.3. The Kier molecular flexibility index (Phi) is 7.21. The normalized spacial score (nSPS) is 24.6. The second kappa shape index (κ2) is 11.3. The third-order valence-corrected chi connectivity index (χ3v) is 8.60. The van der Waals surface area contributed by atoms with Crippen molar-refractivity contribution in [1.29, 1.82) is 0 Å². The van der Waals surface area contributed by atoms with Crippen molar-refractivity contribution in [2.45, 2.75) is 37.4 Å². The van der Waals surface area contributed by atoms with E-state index in [4.69, 9.17) is 5.10 Å². The van der Waals surface area contributed by atoms with Crippen LogP contribution in [0, 0.1) is 35.0 Å². The molecule has 1 aliphatic carbocycles. The van der Waals surface area contributed by atoms with Crippen LogP contribution in [0.3, 0.4) is 0 Å². The number of nitrogens with zero attached hydrogens (tertiary/aromatic N) is 6. The van der Waals surface area contributed by atoms with Crippen LogP contribution in [0.4, 0.5) is 27.6 Å². The lowest BCUT2D eigenvalue weighted by atomic mass is 9.77. The van der Waals surface area contributed by atoms with E-state index in [1.165, 1.54) is 5.01 Å². The number of amides is 3. The number of allylic oxidation sites excluding steroid dienone is 1. The summed E-state index contributed by atoms with van der Waals surface area (Å²) in [5.74, 6) is -15.2. The summed E-state index contributed by atoms with van der Waals surface area (Å²) in [5, 5.41) is 14.5. The molecule has 46 heavy (non-hydrogen) atoms. The first-order valence-electron chi connectivity index (χ1n) is 14.5. The van der Waals surface area contributed by atoms with E-state index in [9.17, 15) is 36.3 Å². The monoisotopic (exact) mass is 634 g/mol. The molecule has 14 heteroatoms. The van der Waals surface area contributed by atoms with Crippen molar-refractivity contribution >= 4 is 35.2 Å². The number of benzene rings is 3. The maximum Gasteiger partial charge on any atom is 0.264 e. The number of hydrogen-bond donors (Lipinski definition) is 0. The molecule has 9 nitrogen and oxygen atoms in total. The van der Waals surface area contributed by atoms with Crippen molar-refractivity contribution in [3.05, 3.63) is 106 Å². The van der Waals surface area contributed by atoms with Crippen LogP contribution in [0.1, 0.15) is 36.4 Å². The summed E-state index contributed by atoms with van der Waals surface area (Å²) in [6.45, 7) is -0.612. The lowest BCUT2D eigenvalue weighted by Crippen LogP contribution is -2.45. The average molecular weight is 635 g/mol. The summed E-state index contributed by atoms with van der Waals surface area (Å²) in [6.07, 6.45) is 4.41. The summed E-state index contributed by atoms with van der Waals surface area (Å²) < 4.78 is 70.7. The third-order valence-electron chi connectivity index (χ3n) is 8.60. The van der Waals surface area contributed by atoms with E-state index in [2.05, 4.69) is 10.3 Å². The van der Waals surface area contributed by atoms with Gasteiger partial charge in [-0.1, -0.05) is 65.9 Å². The van der Waals surface area contributed by atoms with E-state index in [-0.39, 0.29) is 10.8 Å². The number of carbonyl (C=O) groups is 3. The second-order valence-electron chi connectivity index (χ2n) is 11.3. The highest BCUT2D eigenvalue weighted by Crippen LogP contribution is 2.45. The van der Waals surface area contributed by atoms with E-state index >= 15 is 0 Å².